The lowest BCUT2D eigenvalue weighted by Crippen LogP contribution is -2.59. The van der Waals surface area contributed by atoms with Crippen molar-refractivity contribution in [3.8, 4) is 0 Å². The molecule has 1 saturated heterocycles. The highest BCUT2D eigenvalue weighted by molar-refractivity contribution is 6.37. The molecule has 0 saturated carbocycles. The molecule has 0 unspecified atom stereocenters. The van der Waals surface area contributed by atoms with Gasteiger partial charge in [-0.25, -0.2) is 9.69 Å². The van der Waals surface area contributed by atoms with Crippen molar-refractivity contribution in [2.24, 2.45) is 5.92 Å². The monoisotopic (exact) mass is 371 g/mol. The lowest BCUT2D eigenvalue weighted by Gasteiger charge is -2.38. The van der Waals surface area contributed by atoms with Gasteiger partial charge in [-0.2, -0.15) is 0 Å². The van der Waals surface area contributed by atoms with Gasteiger partial charge >= 0.3 is 6.03 Å². The smallest absolute Gasteiger partial charge is 0.324 e. The molecular weight excluding hydrogens is 346 g/mol. The Morgan fingerprint density at radius 1 is 1.07 bits per heavy atom. The normalized spacial score (nSPS) is 15.2. The van der Waals surface area contributed by atoms with Crippen molar-refractivity contribution in [3.63, 3.8) is 0 Å². The molecule has 144 valence electrons. The summed E-state index contributed by atoms with van der Waals surface area (Å²) in [5.41, 5.74) is 0.266. The molecule has 1 aromatic carbocycles. The highest BCUT2D eigenvalue weighted by Crippen LogP contribution is 2.32. The predicted molar refractivity (Wildman–Crippen MR) is 103 cm³/mol. The number of para-hydroxylation sites is 2. The lowest BCUT2D eigenvalue weighted by atomic mass is 10.1. The number of amides is 5. The number of nitrogens with one attached hydrogen (secondary N) is 1. The van der Waals surface area contributed by atoms with Crippen LogP contribution in [0, 0.1) is 5.92 Å². The van der Waals surface area contributed by atoms with Crippen LogP contribution in [0.15, 0.2) is 36.4 Å². The summed E-state index contributed by atoms with van der Waals surface area (Å²) in [6, 6.07) is 5.45. The highest BCUT2D eigenvalue weighted by Gasteiger charge is 2.44. The van der Waals surface area contributed by atoms with E-state index in [1.807, 2.05) is 13.8 Å². The second-order valence-corrected chi connectivity index (χ2v) is 6.71. The van der Waals surface area contributed by atoms with Crippen LogP contribution in [0.4, 0.5) is 16.2 Å². The standard InChI is InChI=1S/C20H25N3O4/c1-6-14(7-2)22-18(25)13(5)19(26)23(20(22)27)16-11-9-8-10-15(16)21-17(24)12(3)4/h8-12,14H,5-7H2,1-4H3,(H,21,24). The Labute approximate surface area is 159 Å². The SMILES string of the molecule is C=C1C(=O)N(c2ccccc2NC(=O)C(C)C)C(=O)N(C(CC)CC)C1=O. The minimum absolute atomic E-state index is 0.214. The van der Waals surface area contributed by atoms with Gasteiger partial charge in [0.1, 0.15) is 0 Å². The zero-order valence-corrected chi connectivity index (χ0v) is 16.1. The minimum atomic E-state index is -0.779. The fourth-order valence-electron chi connectivity index (χ4n) is 2.89. The molecule has 0 radical (unpaired) electrons. The van der Waals surface area contributed by atoms with E-state index in [-0.39, 0.29) is 29.1 Å². The summed E-state index contributed by atoms with van der Waals surface area (Å²) in [6.45, 7) is 10.8. The van der Waals surface area contributed by atoms with Gasteiger partial charge in [0.25, 0.3) is 11.8 Å². The maximum absolute atomic E-state index is 13.1. The number of carbonyl (C=O) groups excluding carboxylic acids is 4. The maximum Gasteiger partial charge on any atom is 0.338 e. The maximum atomic E-state index is 13.1. The van der Waals surface area contributed by atoms with E-state index >= 15 is 0 Å². The molecule has 5 amide bonds. The van der Waals surface area contributed by atoms with E-state index in [2.05, 4.69) is 11.9 Å². The van der Waals surface area contributed by atoms with Gasteiger partial charge in [-0.05, 0) is 25.0 Å². The third-order valence-corrected chi connectivity index (χ3v) is 4.57. The summed E-state index contributed by atoms with van der Waals surface area (Å²) in [5.74, 6) is -1.97. The van der Waals surface area contributed by atoms with Crippen LogP contribution in [-0.2, 0) is 14.4 Å². The van der Waals surface area contributed by atoms with E-state index in [9.17, 15) is 19.2 Å². The second kappa shape index (κ2) is 8.16. The van der Waals surface area contributed by atoms with Crippen molar-refractivity contribution in [2.45, 2.75) is 46.6 Å². The fourth-order valence-corrected chi connectivity index (χ4v) is 2.89. The molecule has 0 bridgehead atoms. The number of hydrogen-bond acceptors (Lipinski definition) is 4. The van der Waals surface area contributed by atoms with Crippen LogP contribution in [0.3, 0.4) is 0 Å². The van der Waals surface area contributed by atoms with Crippen LogP contribution in [0.25, 0.3) is 0 Å². The molecule has 1 aliphatic heterocycles. The third-order valence-electron chi connectivity index (χ3n) is 4.57. The number of benzene rings is 1. The van der Waals surface area contributed by atoms with E-state index in [4.69, 9.17) is 0 Å². The Hall–Kier alpha value is -2.96. The Morgan fingerprint density at radius 2 is 1.67 bits per heavy atom. The molecule has 1 N–H and O–H groups in total. The van der Waals surface area contributed by atoms with Crippen molar-refractivity contribution in [2.75, 3.05) is 10.2 Å². The third kappa shape index (κ3) is 3.77. The molecule has 1 aliphatic rings. The number of carbonyl (C=O) groups is 4. The zero-order valence-electron chi connectivity index (χ0n) is 16.1. The Kier molecular flexibility index (Phi) is 6.15. The molecule has 1 fully saturated rings. The summed E-state index contributed by atoms with van der Waals surface area (Å²) in [7, 11) is 0. The van der Waals surface area contributed by atoms with Gasteiger partial charge in [0.15, 0.2) is 0 Å². The van der Waals surface area contributed by atoms with Crippen LogP contribution >= 0.6 is 0 Å². The largest absolute Gasteiger partial charge is 0.338 e. The van der Waals surface area contributed by atoms with Crippen molar-refractivity contribution >= 4 is 35.1 Å². The summed E-state index contributed by atoms with van der Waals surface area (Å²) in [4.78, 5) is 52.4. The van der Waals surface area contributed by atoms with E-state index < -0.39 is 17.8 Å². The molecule has 7 heteroatoms. The molecular formula is C20H25N3O4. The van der Waals surface area contributed by atoms with Crippen LogP contribution < -0.4 is 10.2 Å². The first kappa shape index (κ1) is 20.4. The van der Waals surface area contributed by atoms with Crippen LogP contribution in [0.1, 0.15) is 40.5 Å². The van der Waals surface area contributed by atoms with Gasteiger partial charge in [-0.3, -0.25) is 19.3 Å². The number of anilines is 2. The van der Waals surface area contributed by atoms with Gasteiger partial charge in [-0.1, -0.05) is 46.4 Å². The molecule has 7 nitrogen and oxygen atoms in total. The Bertz CT molecular complexity index is 796. The predicted octanol–water partition coefficient (Wildman–Crippen LogP) is 3.32. The van der Waals surface area contributed by atoms with Crippen LogP contribution in [0.5, 0.6) is 0 Å². The van der Waals surface area contributed by atoms with Gasteiger partial charge in [0.2, 0.25) is 5.91 Å². The highest BCUT2D eigenvalue weighted by atomic mass is 16.2. The summed E-state index contributed by atoms with van der Waals surface area (Å²) in [5, 5.41) is 2.73. The molecule has 27 heavy (non-hydrogen) atoms. The first-order valence-corrected chi connectivity index (χ1v) is 9.05. The van der Waals surface area contributed by atoms with Gasteiger partial charge < -0.3 is 5.32 Å². The summed E-state index contributed by atoms with van der Waals surface area (Å²) < 4.78 is 0. The van der Waals surface area contributed by atoms with Crippen molar-refractivity contribution < 1.29 is 19.2 Å². The number of nitrogens with zero attached hydrogens (tertiary/aromatic N) is 2. The second-order valence-electron chi connectivity index (χ2n) is 6.71. The number of rotatable bonds is 6. The van der Waals surface area contributed by atoms with Gasteiger partial charge in [-0.15, -0.1) is 0 Å². The van der Waals surface area contributed by atoms with Crippen molar-refractivity contribution in [1.82, 2.24) is 4.90 Å². The summed E-state index contributed by atoms with van der Waals surface area (Å²) in [6.07, 6.45) is 1.13. The molecule has 1 aromatic rings. The number of hydrogen-bond donors (Lipinski definition) is 1. The molecule has 0 atom stereocenters. The molecule has 0 aliphatic carbocycles. The van der Waals surface area contributed by atoms with Crippen LogP contribution in [0.2, 0.25) is 0 Å². The number of imide groups is 2. The van der Waals surface area contributed by atoms with Crippen LogP contribution in [-0.4, -0.2) is 34.7 Å². The van der Waals surface area contributed by atoms with Crippen molar-refractivity contribution in [1.29, 1.82) is 0 Å². The van der Waals surface area contributed by atoms with E-state index in [1.165, 1.54) is 0 Å². The topological polar surface area (TPSA) is 86.8 Å². The average Bonchev–Trinajstić information content (AvgIpc) is 2.64. The molecule has 0 aromatic heterocycles. The number of barbiturate groups is 1. The number of urea groups is 1. The first-order valence-electron chi connectivity index (χ1n) is 9.05. The lowest BCUT2D eigenvalue weighted by molar-refractivity contribution is -0.130. The first-order chi connectivity index (χ1) is 12.7. The van der Waals surface area contributed by atoms with E-state index in [0.29, 0.717) is 18.5 Å². The average molecular weight is 371 g/mol. The molecule has 2 rings (SSSR count). The van der Waals surface area contributed by atoms with Gasteiger partial charge in [0.05, 0.1) is 16.9 Å². The Balaban J connectivity index is 2.52. The summed E-state index contributed by atoms with van der Waals surface area (Å²) >= 11 is 0. The molecule has 1 heterocycles. The fraction of sp³-hybridized carbons (Fsp3) is 0.400. The Morgan fingerprint density at radius 3 is 2.22 bits per heavy atom. The van der Waals surface area contributed by atoms with E-state index in [0.717, 1.165) is 9.80 Å². The molecule has 0 spiro atoms. The van der Waals surface area contributed by atoms with Crippen molar-refractivity contribution in [3.05, 3.63) is 36.4 Å². The zero-order chi connectivity index (χ0) is 20.3. The van der Waals surface area contributed by atoms with Gasteiger partial charge in [0, 0.05) is 12.0 Å². The van der Waals surface area contributed by atoms with E-state index in [1.54, 1.807) is 38.1 Å². The minimum Gasteiger partial charge on any atom is -0.324 e. The quantitative estimate of drug-likeness (QED) is 0.614.